The van der Waals surface area contributed by atoms with Crippen molar-refractivity contribution in [3.05, 3.63) is 47.5 Å². The van der Waals surface area contributed by atoms with Gasteiger partial charge in [0.25, 0.3) is 0 Å². The van der Waals surface area contributed by atoms with Crippen molar-refractivity contribution in [2.45, 2.75) is 12.5 Å². The van der Waals surface area contributed by atoms with Crippen molar-refractivity contribution in [3.63, 3.8) is 0 Å². The Morgan fingerprint density at radius 3 is 2.94 bits per heavy atom. The molecule has 1 aliphatic rings. The fourth-order valence-electron chi connectivity index (χ4n) is 2.40. The zero-order valence-corrected chi connectivity index (χ0v) is 9.02. The van der Waals surface area contributed by atoms with Gasteiger partial charge < -0.3 is 9.84 Å². The molecule has 0 bridgehead atoms. The van der Waals surface area contributed by atoms with Gasteiger partial charge in [-0.15, -0.1) is 0 Å². The van der Waals surface area contributed by atoms with Crippen LogP contribution >= 0.6 is 0 Å². The number of ether oxygens (including phenoxy) is 1. The Morgan fingerprint density at radius 2 is 2.00 bits per heavy atom. The van der Waals surface area contributed by atoms with Gasteiger partial charge in [0.2, 0.25) is 0 Å². The van der Waals surface area contributed by atoms with Gasteiger partial charge in [-0.05, 0) is 28.3 Å². The highest BCUT2D eigenvalue weighted by molar-refractivity contribution is 5.87. The minimum Gasteiger partial charge on any atom is -0.386 e. The number of hydrogen-bond donors (Lipinski definition) is 1. The topological polar surface area (TPSA) is 29.5 Å². The lowest BCUT2D eigenvalue weighted by Crippen LogP contribution is -2.04. The number of hydrogen-bond acceptors (Lipinski definition) is 2. The van der Waals surface area contributed by atoms with E-state index in [-0.39, 0.29) is 0 Å². The highest BCUT2D eigenvalue weighted by Gasteiger charge is 2.18. The molecule has 0 aromatic heterocycles. The van der Waals surface area contributed by atoms with Crippen molar-refractivity contribution in [1.82, 2.24) is 0 Å². The molecule has 2 aromatic carbocycles. The molecule has 1 N–H and O–H groups in total. The second kappa shape index (κ2) is 3.89. The summed E-state index contributed by atoms with van der Waals surface area (Å²) in [4.78, 5) is 0. The highest BCUT2D eigenvalue weighted by atomic mass is 16.5. The lowest BCUT2D eigenvalue weighted by atomic mass is 9.95. The van der Waals surface area contributed by atoms with E-state index in [1.165, 1.54) is 16.3 Å². The third-order valence-corrected chi connectivity index (χ3v) is 3.21. The lowest BCUT2D eigenvalue weighted by Gasteiger charge is -2.13. The van der Waals surface area contributed by atoms with Crippen LogP contribution in [-0.2, 0) is 11.2 Å². The van der Waals surface area contributed by atoms with Crippen LogP contribution in [-0.4, -0.2) is 18.3 Å². The van der Waals surface area contributed by atoms with Gasteiger partial charge in [0, 0.05) is 0 Å². The molecular weight excluding hydrogens is 200 g/mol. The van der Waals surface area contributed by atoms with E-state index in [1.807, 2.05) is 18.2 Å². The van der Waals surface area contributed by atoms with Gasteiger partial charge in [-0.2, -0.15) is 0 Å². The minimum atomic E-state index is -0.484. The Bertz CT molecular complexity index is 519. The van der Waals surface area contributed by atoms with Crippen LogP contribution in [0, 0.1) is 0 Å². The number of benzene rings is 2. The van der Waals surface area contributed by atoms with Gasteiger partial charge in [0.05, 0.1) is 13.2 Å². The summed E-state index contributed by atoms with van der Waals surface area (Å²) in [6.45, 7) is 1.10. The summed E-state index contributed by atoms with van der Waals surface area (Å²) in [6.07, 6.45) is 0.399. The molecule has 1 heterocycles. The van der Waals surface area contributed by atoms with E-state index in [1.54, 1.807) is 0 Å². The van der Waals surface area contributed by atoms with Crippen molar-refractivity contribution in [2.75, 3.05) is 13.2 Å². The molecule has 1 unspecified atom stereocenters. The van der Waals surface area contributed by atoms with E-state index >= 15 is 0 Å². The molecule has 1 aliphatic heterocycles. The van der Waals surface area contributed by atoms with E-state index in [0.29, 0.717) is 13.2 Å². The summed E-state index contributed by atoms with van der Waals surface area (Å²) in [5.41, 5.74) is 2.26. The molecule has 0 amide bonds. The van der Waals surface area contributed by atoms with Gasteiger partial charge in [-0.3, -0.25) is 0 Å². The summed E-state index contributed by atoms with van der Waals surface area (Å²) in [6, 6.07) is 12.4. The normalized spacial score (nSPS) is 20.4. The molecule has 0 saturated carbocycles. The molecule has 1 atom stereocenters. The van der Waals surface area contributed by atoms with Crippen LogP contribution in [0.4, 0.5) is 0 Å². The fraction of sp³-hybridized carbons (Fsp3) is 0.286. The molecule has 16 heavy (non-hydrogen) atoms. The first-order valence-corrected chi connectivity index (χ1v) is 5.62. The first-order chi connectivity index (χ1) is 7.86. The SMILES string of the molecule is OC1COCCc2c1ccc1ccccc21. The summed E-state index contributed by atoms with van der Waals surface area (Å²) in [5.74, 6) is 0. The van der Waals surface area contributed by atoms with E-state index in [0.717, 1.165) is 12.0 Å². The average molecular weight is 214 g/mol. The van der Waals surface area contributed by atoms with Crippen LogP contribution in [0.2, 0.25) is 0 Å². The molecule has 0 fully saturated rings. The van der Waals surface area contributed by atoms with Crippen LogP contribution < -0.4 is 0 Å². The van der Waals surface area contributed by atoms with Crippen LogP contribution in [0.5, 0.6) is 0 Å². The van der Waals surface area contributed by atoms with Gasteiger partial charge in [-0.1, -0.05) is 36.4 Å². The Hall–Kier alpha value is -1.38. The van der Waals surface area contributed by atoms with Crippen LogP contribution in [0.1, 0.15) is 17.2 Å². The summed E-state index contributed by atoms with van der Waals surface area (Å²) in [7, 11) is 0. The van der Waals surface area contributed by atoms with E-state index in [9.17, 15) is 5.11 Å². The first-order valence-electron chi connectivity index (χ1n) is 5.62. The van der Waals surface area contributed by atoms with Crippen molar-refractivity contribution < 1.29 is 9.84 Å². The number of fused-ring (bicyclic) bond motifs is 3. The van der Waals surface area contributed by atoms with Crippen LogP contribution in [0.15, 0.2) is 36.4 Å². The largest absolute Gasteiger partial charge is 0.386 e. The Labute approximate surface area is 94.5 Å². The molecule has 82 valence electrons. The quantitative estimate of drug-likeness (QED) is 0.730. The summed E-state index contributed by atoms with van der Waals surface area (Å²) < 4.78 is 5.39. The molecule has 2 heteroatoms. The monoisotopic (exact) mass is 214 g/mol. The zero-order valence-electron chi connectivity index (χ0n) is 9.02. The maximum Gasteiger partial charge on any atom is 0.103 e. The molecule has 0 aliphatic carbocycles. The molecule has 2 aromatic rings. The van der Waals surface area contributed by atoms with Crippen LogP contribution in [0.25, 0.3) is 10.8 Å². The predicted octanol–water partition coefficient (Wildman–Crippen LogP) is 2.45. The Morgan fingerprint density at radius 1 is 1.12 bits per heavy atom. The van der Waals surface area contributed by atoms with Gasteiger partial charge in [0.15, 0.2) is 0 Å². The van der Waals surface area contributed by atoms with Crippen molar-refractivity contribution in [1.29, 1.82) is 0 Å². The third kappa shape index (κ3) is 1.51. The van der Waals surface area contributed by atoms with E-state index in [4.69, 9.17) is 4.74 Å². The van der Waals surface area contributed by atoms with Crippen LogP contribution in [0.3, 0.4) is 0 Å². The average Bonchev–Trinajstić information content (AvgIpc) is 2.52. The first kappa shape index (κ1) is 9.82. The van der Waals surface area contributed by atoms with Gasteiger partial charge in [0.1, 0.15) is 6.10 Å². The molecule has 0 saturated heterocycles. The lowest BCUT2D eigenvalue weighted by molar-refractivity contribution is 0.0452. The predicted molar refractivity (Wildman–Crippen MR) is 63.4 cm³/mol. The Balaban J connectivity index is 2.28. The van der Waals surface area contributed by atoms with Crippen molar-refractivity contribution >= 4 is 10.8 Å². The second-order valence-corrected chi connectivity index (χ2v) is 4.20. The second-order valence-electron chi connectivity index (χ2n) is 4.20. The molecule has 2 nitrogen and oxygen atoms in total. The maximum absolute atomic E-state index is 9.98. The molecule has 3 rings (SSSR count). The van der Waals surface area contributed by atoms with Gasteiger partial charge >= 0.3 is 0 Å². The van der Waals surface area contributed by atoms with E-state index < -0.39 is 6.10 Å². The van der Waals surface area contributed by atoms with E-state index in [2.05, 4.69) is 18.2 Å². The number of aliphatic hydroxyl groups is 1. The van der Waals surface area contributed by atoms with Crippen molar-refractivity contribution in [3.8, 4) is 0 Å². The molecular formula is C14H14O2. The smallest absolute Gasteiger partial charge is 0.103 e. The Kier molecular flexibility index (Phi) is 2.39. The molecule has 0 spiro atoms. The summed E-state index contributed by atoms with van der Waals surface area (Å²) >= 11 is 0. The van der Waals surface area contributed by atoms with Crippen molar-refractivity contribution in [2.24, 2.45) is 0 Å². The third-order valence-electron chi connectivity index (χ3n) is 3.21. The minimum absolute atomic E-state index is 0.408. The maximum atomic E-state index is 9.98. The standard InChI is InChI=1S/C14H14O2/c15-14-9-16-8-7-12-11-4-2-1-3-10(11)5-6-13(12)14/h1-6,14-15H,7-9H2. The fourth-order valence-corrected chi connectivity index (χ4v) is 2.40. The number of rotatable bonds is 0. The van der Waals surface area contributed by atoms with Gasteiger partial charge in [-0.25, -0.2) is 0 Å². The highest BCUT2D eigenvalue weighted by Crippen LogP contribution is 2.29. The zero-order chi connectivity index (χ0) is 11.0. The summed E-state index contributed by atoms with van der Waals surface area (Å²) in [5, 5.41) is 12.4. The number of aliphatic hydroxyl groups excluding tert-OH is 1. The molecule has 0 radical (unpaired) electrons.